The molecule has 0 saturated carbocycles. The number of hydrogen-bond donors (Lipinski definition) is 1. The van der Waals surface area contributed by atoms with Crippen molar-refractivity contribution in [1.29, 1.82) is 0 Å². The zero-order chi connectivity index (χ0) is 31.7. The van der Waals surface area contributed by atoms with Crippen LogP contribution in [0.4, 0.5) is 5.69 Å². The van der Waals surface area contributed by atoms with Gasteiger partial charge >= 0.3 is 0 Å². The summed E-state index contributed by atoms with van der Waals surface area (Å²) in [5, 5.41) is 3.60. The Labute approximate surface area is 263 Å². The van der Waals surface area contributed by atoms with Crippen LogP contribution in [0.5, 0.6) is 11.5 Å². The van der Waals surface area contributed by atoms with Gasteiger partial charge in [-0.25, -0.2) is 8.42 Å². The predicted octanol–water partition coefficient (Wildman–Crippen LogP) is 5.33. The van der Waals surface area contributed by atoms with E-state index in [1.807, 2.05) is 44.2 Å². The first-order chi connectivity index (χ1) is 20.4. The number of carbonyl (C=O) groups excluding carboxylic acids is 2. The van der Waals surface area contributed by atoms with Crippen molar-refractivity contribution in [2.75, 3.05) is 31.3 Å². The lowest BCUT2D eigenvalue weighted by atomic mass is 10.0. The maximum absolute atomic E-state index is 14.3. The molecule has 9 nitrogen and oxygen atoms in total. The van der Waals surface area contributed by atoms with E-state index in [4.69, 9.17) is 32.7 Å². The van der Waals surface area contributed by atoms with Gasteiger partial charge in [-0.2, -0.15) is 0 Å². The zero-order valence-corrected chi connectivity index (χ0v) is 27.2. The molecule has 1 N–H and O–H groups in total. The molecular formula is C31H37Cl2N3O6S. The summed E-state index contributed by atoms with van der Waals surface area (Å²) in [4.78, 5) is 29.5. The lowest BCUT2D eigenvalue weighted by molar-refractivity contribution is -0.140. The van der Waals surface area contributed by atoms with Crippen molar-refractivity contribution in [1.82, 2.24) is 10.2 Å². The van der Waals surface area contributed by atoms with Crippen molar-refractivity contribution in [3.63, 3.8) is 0 Å². The van der Waals surface area contributed by atoms with Gasteiger partial charge in [-0.15, -0.1) is 0 Å². The van der Waals surface area contributed by atoms with E-state index in [2.05, 4.69) is 5.32 Å². The number of sulfonamides is 1. The number of benzene rings is 3. The molecule has 0 bridgehead atoms. The molecule has 0 saturated heterocycles. The summed E-state index contributed by atoms with van der Waals surface area (Å²) in [6.07, 6.45) is 1.84. The van der Waals surface area contributed by atoms with Crippen LogP contribution in [0.3, 0.4) is 0 Å². The molecule has 0 radical (unpaired) electrons. The monoisotopic (exact) mass is 649 g/mol. The minimum Gasteiger partial charge on any atom is -0.497 e. The fraction of sp³-hybridized carbons (Fsp3) is 0.355. The van der Waals surface area contributed by atoms with Crippen LogP contribution < -0.4 is 19.1 Å². The highest BCUT2D eigenvalue weighted by molar-refractivity contribution is 7.92. The number of carbonyl (C=O) groups is 2. The third-order valence-corrected chi connectivity index (χ3v) is 8.83. The smallest absolute Gasteiger partial charge is 0.244 e. The number of anilines is 1. The first kappa shape index (κ1) is 34.0. The summed E-state index contributed by atoms with van der Waals surface area (Å²) in [6.45, 7) is 3.05. The van der Waals surface area contributed by atoms with Crippen molar-refractivity contribution >= 4 is 50.7 Å². The van der Waals surface area contributed by atoms with Crippen molar-refractivity contribution in [3.8, 4) is 11.5 Å². The Hall–Kier alpha value is -3.47. The number of halogens is 2. The Kier molecular flexibility index (Phi) is 12.1. The molecule has 3 aromatic carbocycles. The molecule has 0 fully saturated rings. The van der Waals surface area contributed by atoms with E-state index in [0.717, 1.165) is 16.1 Å². The number of hydrogen-bond acceptors (Lipinski definition) is 6. The summed E-state index contributed by atoms with van der Waals surface area (Å²) in [5.74, 6) is -0.393. The van der Waals surface area contributed by atoms with Crippen LogP contribution in [-0.4, -0.2) is 64.2 Å². The third kappa shape index (κ3) is 9.01. The Morgan fingerprint density at radius 1 is 0.953 bits per heavy atom. The topological polar surface area (TPSA) is 105 Å². The molecule has 2 atom stereocenters. The molecule has 3 aromatic rings. The van der Waals surface area contributed by atoms with Crippen LogP contribution in [0, 0.1) is 0 Å². The molecule has 0 spiro atoms. The lowest BCUT2D eigenvalue weighted by Crippen LogP contribution is -2.54. The summed E-state index contributed by atoms with van der Waals surface area (Å²) in [7, 11) is -1.14. The molecule has 0 aromatic heterocycles. The Morgan fingerprint density at radius 3 is 2.16 bits per heavy atom. The molecule has 0 aliphatic carbocycles. The molecule has 43 heavy (non-hydrogen) atoms. The van der Waals surface area contributed by atoms with Gasteiger partial charge in [-0.1, -0.05) is 66.5 Å². The van der Waals surface area contributed by atoms with Crippen molar-refractivity contribution in [2.24, 2.45) is 0 Å². The molecule has 0 aliphatic heterocycles. The van der Waals surface area contributed by atoms with Gasteiger partial charge in [0.2, 0.25) is 21.8 Å². The molecule has 12 heteroatoms. The summed E-state index contributed by atoms with van der Waals surface area (Å²) >= 11 is 13.0. The van der Waals surface area contributed by atoms with E-state index in [-0.39, 0.29) is 36.4 Å². The summed E-state index contributed by atoms with van der Waals surface area (Å²) < 4.78 is 37.8. The molecule has 0 unspecified atom stereocenters. The highest BCUT2D eigenvalue weighted by atomic mass is 35.5. The predicted molar refractivity (Wildman–Crippen MR) is 171 cm³/mol. The quantitative estimate of drug-likeness (QED) is 0.253. The van der Waals surface area contributed by atoms with Crippen molar-refractivity contribution in [2.45, 2.75) is 45.3 Å². The number of amides is 2. The van der Waals surface area contributed by atoms with Gasteiger partial charge in [0.25, 0.3) is 0 Å². The largest absolute Gasteiger partial charge is 0.497 e. The maximum Gasteiger partial charge on any atom is 0.244 e. The third-order valence-electron chi connectivity index (χ3n) is 7.00. The minimum absolute atomic E-state index is 0.138. The van der Waals surface area contributed by atoms with Gasteiger partial charge in [-0.3, -0.25) is 13.9 Å². The normalized spacial score (nSPS) is 12.6. The van der Waals surface area contributed by atoms with Gasteiger partial charge in [0.15, 0.2) is 0 Å². The second-order valence-electron chi connectivity index (χ2n) is 10.1. The van der Waals surface area contributed by atoms with Crippen LogP contribution in [0.15, 0.2) is 66.7 Å². The molecule has 3 rings (SSSR count). The van der Waals surface area contributed by atoms with E-state index in [1.54, 1.807) is 24.3 Å². The maximum atomic E-state index is 14.3. The minimum atomic E-state index is -4.00. The molecule has 2 amide bonds. The van der Waals surface area contributed by atoms with Gasteiger partial charge in [-0.05, 0) is 43.2 Å². The first-order valence-corrected chi connectivity index (χ1v) is 16.3. The highest BCUT2D eigenvalue weighted by Gasteiger charge is 2.34. The molecule has 0 aliphatic rings. The van der Waals surface area contributed by atoms with Crippen molar-refractivity contribution < 1.29 is 27.5 Å². The van der Waals surface area contributed by atoms with Crippen LogP contribution in [-0.2, 0) is 32.6 Å². The second kappa shape index (κ2) is 15.3. The standard InChI is InChI=1S/C31H37Cl2N3O6S/c1-6-21(2)34-31(38)28(17-22-11-8-7-9-12-22)35(19-24-25(32)13-10-14-26(24)33)30(37)20-36(43(5,39)40)27-16-15-23(41-3)18-29(27)42-4/h7-16,18,21,28H,6,17,19-20H2,1-5H3,(H,34,38)/t21-,28-/m1/s1. The summed E-state index contributed by atoms with van der Waals surface area (Å²) in [5.41, 5.74) is 1.38. The number of ether oxygens (including phenoxy) is 2. The average molecular weight is 651 g/mol. The van der Waals surface area contributed by atoms with Gasteiger partial charge in [0.05, 0.1) is 26.2 Å². The van der Waals surface area contributed by atoms with E-state index in [9.17, 15) is 18.0 Å². The Bertz CT molecular complexity index is 1500. The van der Waals surface area contributed by atoms with Gasteiger partial charge in [0.1, 0.15) is 24.1 Å². The van der Waals surface area contributed by atoms with Crippen LogP contribution in [0.1, 0.15) is 31.4 Å². The Balaban J connectivity index is 2.14. The number of rotatable bonds is 14. The van der Waals surface area contributed by atoms with E-state index >= 15 is 0 Å². The molecule has 0 heterocycles. The SMILES string of the molecule is CC[C@@H](C)NC(=O)[C@@H](Cc1ccccc1)N(Cc1c(Cl)cccc1Cl)C(=O)CN(c1ccc(OC)cc1OC)S(C)(=O)=O. The molecular weight excluding hydrogens is 613 g/mol. The first-order valence-electron chi connectivity index (χ1n) is 13.7. The fourth-order valence-corrected chi connectivity index (χ4v) is 5.80. The lowest BCUT2D eigenvalue weighted by Gasteiger charge is -2.34. The summed E-state index contributed by atoms with van der Waals surface area (Å²) in [6, 6.07) is 17.6. The number of methoxy groups -OCH3 is 2. The fourth-order valence-electron chi connectivity index (χ4n) is 4.43. The van der Waals surface area contributed by atoms with Gasteiger partial charge < -0.3 is 19.7 Å². The average Bonchev–Trinajstić information content (AvgIpc) is 2.98. The number of nitrogens with zero attached hydrogens (tertiary/aromatic N) is 2. The Morgan fingerprint density at radius 2 is 1.60 bits per heavy atom. The van der Waals surface area contributed by atoms with E-state index < -0.39 is 28.5 Å². The van der Waals surface area contributed by atoms with Crippen LogP contribution in [0.25, 0.3) is 0 Å². The van der Waals surface area contributed by atoms with Crippen molar-refractivity contribution in [3.05, 3.63) is 87.9 Å². The second-order valence-corrected chi connectivity index (χ2v) is 12.8. The van der Waals surface area contributed by atoms with Crippen LogP contribution >= 0.6 is 23.2 Å². The van der Waals surface area contributed by atoms with E-state index in [1.165, 1.54) is 31.3 Å². The van der Waals surface area contributed by atoms with Gasteiger partial charge in [0, 0.05) is 40.7 Å². The van der Waals surface area contributed by atoms with Crippen LogP contribution in [0.2, 0.25) is 10.0 Å². The van der Waals surface area contributed by atoms with E-state index in [0.29, 0.717) is 27.8 Å². The molecule has 232 valence electrons. The zero-order valence-electron chi connectivity index (χ0n) is 24.8. The highest BCUT2D eigenvalue weighted by Crippen LogP contribution is 2.34. The number of nitrogens with one attached hydrogen (secondary N) is 1.